The lowest BCUT2D eigenvalue weighted by Crippen LogP contribution is -2.22. The van der Waals surface area contributed by atoms with Crippen LogP contribution < -0.4 is 5.32 Å². The largest absolute Gasteiger partial charge is 0.302 e. The van der Waals surface area contributed by atoms with E-state index in [-0.39, 0.29) is 11.8 Å². The Labute approximate surface area is 117 Å². The summed E-state index contributed by atoms with van der Waals surface area (Å²) >= 11 is 4.91. The molecule has 0 spiro atoms. The first-order valence-electron chi connectivity index (χ1n) is 5.70. The van der Waals surface area contributed by atoms with Crippen molar-refractivity contribution in [2.24, 2.45) is 5.92 Å². The molecular formula is C13H11BrN2OS. The summed E-state index contributed by atoms with van der Waals surface area (Å²) in [5.41, 5.74) is 2.54. The van der Waals surface area contributed by atoms with Crippen LogP contribution in [0.1, 0.15) is 11.1 Å². The van der Waals surface area contributed by atoms with Crippen molar-refractivity contribution in [3.05, 3.63) is 45.4 Å². The molecule has 1 heterocycles. The fraction of sp³-hybridized carbons (Fsp3) is 0.231. The van der Waals surface area contributed by atoms with Gasteiger partial charge in [0, 0.05) is 22.0 Å². The van der Waals surface area contributed by atoms with E-state index in [1.54, 1.807) is 6.20 Å². The molecule has 1 atom stereocenters. The summed E-state index contributed by atoms with van der Waals surface area (Å²) in [5, 5.41) is 5.41. The number of benzene rings is 1. The van der Waals surface area contributed by atoms with E-state index in [0.29, 0.717) is 5.13 Å². The Hall–Kier alpha value is -1.20. The summed E-state index contributed by atoms with van der Waals surface area (Å²) < 4.78 is 1.07. The van der Waals surface area contributed by atoms with Crippen LogP contribution in [0.25, 0.3) is 0 Å². The molecule has 0 bridgehead atoms. The Kier molecular flexibility index (Phi) is 3.18. The van der Waals surface area contributed by atoms with E-state index < -0.39 is 0 Å². The summed E-state index contributed by atoms with van der Waals surface area (Å²) in [4.78, 5) is 16.2. The molecule has 0 saturated heterocycles. The van der Waals surface area contributed by atoms with Crippen LogP contribution >= 0.6 is 27.3 Å². The van der Waals surface area contributed by atoms with Crippen LogP contribution in [0.4, 0.5) is 5.13 Å². The van der Waals surface area contributed by atoms with Gasteiger partial charge in [0.05, 0.1) is 0 Å². The molecule has 1 aliphatic rings. The van der Waals surface area contributed by atoms with Crippen LogP contribution in [-0.2, 0) is 17.6 Å². The van der Waals surface area contributed by atoms with Crippen molar-refractivity contribution in [2.75, 3.05) is 5.32 Å². The predicted octanol–water partition coefficient (Wildman–Crippen LogP) is 3.26. The van der Waals surface area contributed by atoms with Gasteiger partial charge in [-0.15, -0.1) is 11.3 Å². The van der Waals surface area contributed by atoms with Crippen molar-refractivity contribution >= 4 is 38.3 Å². The van der Waals surface area contributed by atoms with Crippen LogP contribution in [-0.4, -0.2) is 10.9 Å². The fourth-order valence-corrected chi connectivity index (χ4v) is 3.21. The maximum atomic E-state index is 12.1. The summed E-state index contributed by atoms with van der Waals surface area (Å²) in [6.45, 7) is 0. The minimum absolute atomic E-state index is 0.0261. The fourth-order valence-electron chi connectivity index (χ4n) is 2.26. The number of hydrogen-bond acceptors (Lipinski definition) is 3. The second-order valence-corrected chi connectivity index (χ2v) is 6.15. The summed E-state index contributed by atoms with van der Waals surface area (Å²) in [5.74, 6) is 0.0930. The van der Waals surface area contributed by atoms with Gasteiger partial charge in [-0.1, -0.05) is 22.0 Å². The number of anilines is 1. The van der Waals surface area contributed by atoms with Gasteiger partial charge in [0.2, 0.25) is 5.91 Å². The zero-order chi connectivity index (χ0) is 12.5. The van der Waals surface area contributed by atoms with Gasteiger partial charge >= 0.3 is 0 Å². The van der Waals surface area contributed by atoms with Crippen LogP contribution in [0.3, 0.4) is 0 Å². The summed E-state index contributed by atoms with van der Waals surface area (Å²) in [6.07, 6.45) is 3.33. The van der Waals surface area contributed by atoms with E-state index in [9.17, 15) is 4.79 Å². The lowest BCUT2D eigenvalue weighted by atomic mass is 10.1. The number of carbonyl (C=O) groups excluding carboxylic acids is 1. The minimum atomic E-state index is 0.0261. The first-order chi connectivity index (χ1) is 8.72. The molecule has 1 aromatic carbocycles. The third-order valence-electron chi connectivity index (χ3n) is 3.13. The Bertz CT molecular complexity index is 583. The van der Waals surface area contributed by atoms with Gasteiger partial charge in [0.25, 0.3) is 0 Å². The number of fused-ring (bicyclic) bond motifs is 1. The van der Waals surface area contributed by atoms with Gasteiger partial charge in [0.15, 0.2) is 5.13 Å². The van der Waals surface area contributed by atoms with E-state index in [1.165, 1.54) is 22.5 Å². The van der Waals surface area contributed by atoms with Crippen molar-refractivity contribution in [3.8, 4) is 0 Å². The Balaban J connectivity index is 1.72. The molecule has 0 aliphatic heterocycles. The zero-order valence-electron chi connectivity index (χ0n) is 9.52. The number of rotatable bonds is 2. The molecule has 0 fully saturated rings. The van der Waals surface area contributed by atoms with Crippen molar-refractivity contribution in [2.45, 2.75) is 12.8 Å². The lowest BCUT2D eigenvalue weighted by molar-refractivity contribution is -0.119. The minimum Gasteiger partial charge on any atom is -0.302 e. The van der Waals surface area contributed by atoms with Crippen molar-refractivity contribution in [1.82, 2.24) is 4.98 Å². The molecule has 2 aromatic rings. The van der Waals surface area contributed by atoms with Crippen LogP contribution in [0.2, 0.25) is 0 Å². The molecule has 5 heteroatoms. The van der Waals surface area contributed by atoms with Crippen LogP contribution in [0, 0.1) is 5.92 Å². The molecule has 1 aliphatic carbocycles. The SMILES string of the molecule is O=C(Nc1nccs1)C1Cc2ccc(Br)cc2C1. The second-order valence-electron chi connectivity index (χ2n) is 4.34. The molecule has 3 rings (SSSR count). The van der Waals surface area contributed by atoms with E-state index in [4.69, 9.17) is 0 Å². The third kappa shape index (κ3) is 2.33. The smallest absolute Gasteiger partial charge is 0.229 e. The monoisotopic (exact) mass is 322 g/mol. The number of hydrogen-bond donors (Lipinski definition) is 1. The quantitative estimate of drug-likeness (QED) is 0.922. The Morgan fingerprint density at radius 2 is 2.22 bits per heavy atom. The second kappa shape index (κ2) is 4.82. The molecule has 92 valence electrons. The highest BCUT2D eigenvalue weighted by Gasteiger charge is 2.27. The van der Waals surface area contributed by atoms with Crippen LogP contribution in [0.5, 0.6) is 0 Å². The molecule has 0 saturated carbocycles. The van der Waals surface area contributed by atoms with Gasteiger partial charge in [0.1, 0.15) is 0 Å². The number of thiazole rings is 1. The lowest BCUT2D eigenvalue weighted by Gasteiger charge is -2.07. The van der Waals surface area contributed by atoms with Gasteiger partial charge in [-0.05, 0) is 36.1 Å². The highest BCUT2D eigenvalue weighted by Crippen LogP contribution is 2.30. The van der Waals surface area contributed by atoms with Gasteiger partial charge in [-0.3, -0.25) is 4.79 Å². The maximum absolute atomic E-state index is 12.1. The van der Waals surface area contributed by atoms with E-state index in [1.807, 2.05) is 11.4 Å². The molecule has 1 amide bonds. The average molecular weight is 323 g/mol. The number of amides is 1. The molecule has 18 heavy (non-hydrogen) atoms. The highest BCUT2D eigenvalue weighted by atomic mass is 79.9. The average Bonchev–Trinajstić information content (AvgIpc) is 2.96. The van der Waals surface area contributed by atoms with Gasteiger partial charge in [-0.2, -0.15) is 0 Å². The zero-order valence-corrected chi connectivity index (χ0v) is 11.9. The maximum Gasteiger partial charge on any atom is 0.229 e. The third-order valence-corrected chi connectivity index (χ3v) is 4.32. The number of aromatic nitrogens is 1. The predicted molar refractivity (Wildman–Crippen MR) is 75.8 cm³/mol. The van der Waals surface area contributed by atoms with Crippen molar-refractivity contribution < 1.29 is 4.79 Å². The topological polar surface area (TPSA) is 42.0 Å². The number of halogens is 1. The molecular weight excluding hydrogens is 312 g/mol. The van der Waals surface area contributed by atoms with Crippen molar-refractivity contribution in [1.29, 1.82) is 0 Å². The first-order valence-corrected chi connectivity index (χ1v) is 7.37. The van der Waals surface area contributed by atoms with E-state index in [2.05, 4.69) is 38.4 Å². The molecule has 1 N–H and O–H groups in total. The Morgan fingerprint density at radius 1 is 1.39 bits per heavy atom. The number of nitrogens with one attached hydrogen (secondary N) is 1. The summed E-state index contributed by atoms with van der Waals surface area (Å²) in [7, 11) is 0. The summed E-state index contributed by atoms with van der Waals surface area (Å²) in [6, 6.07) is 6.22. The van der Waals surface area contributed by atoms with Gasteiger partial charge < -0.3 is 5.32 Å². The van der Waals surface area contributed by atoms with Crippen molar-refractivity contribution in [3.63, 3.8) is 0 Å². The molecule has 1 aromatic heterocycles. The molecule has 3 nitrogen and oxygen atoms in total. The highest BCUT2D eigenvalue weighted by molar-refractivity contribution is 9.10. The van der Waals surface area contributed by atoms with E-state index >= 15 is 0 Å². The molecule has 0 radical (unpaired) electrons. The van der Waals surface area contributed by atoms with E-state index in [0.717, 1.165) is 17.3 Å². The molecule has 1 unspecified atom stereocenters. The number of carbonyl (C=O) groups is 1. The number of nitrogens with zero attached hydrogens (tertiary/aromatic N) is 1. The standard InChI is InChI=1S/C13H11BrN2OS/c14-11-2-1-8-5-10(6-9(8)7-11)12(17)16-13-15-3-4-18-13/h1-4,7,10H,5-6H2,(H,15,16,17). The normalized spacial score (nSPS) is 17.5. The Morgan fingerprint density at radius 3 is 3.00 bits per heavy atom. The van der Waals surface area contributed by atoms with Gasteiger partial charge in [-0.25, -0.2) is 4.98 Å². The first kappa shape index (κ1) is 11.9. The van der Waals surface area contributed by atoms with Crippen LogP contribution in [0.15, 0.2) is 34.2 Å².